The number of aromatic hydroxyl groups is 1. The summed E-state index contributed by atoms with van der Waals surface area (Å²) >= 11 is 0. The van der Waals surface area contributed by atoms with Crippen molar-refractivity contribution < 1.29 is 18.3 Å². The minimum Gasteiger partial charge on any atom is -0.505 e. The topological polar surface area (TPSA) is 96.4 Å². The average molecular weight is 447 g/mol. The van der Waals surface area contributed by atoms with Crippen LogP contribution in [0.1, 0.15) is 22.7 Å². The van der Waals surface area contributed by atoms with Gasteiger partial charge < -0.3 is 10.4 Å². The van der Waals surface area contributed by atoms with Gasteiger partial charge in [0.25, 0.3) is 0 Å². The minimum absolute atomic E-state index is 0.0275. The molecule has 1 atom stereocenters. The molecule has 1 unspecified atom stereocenters. The molecule has 0 aliphatic carbocycles. The zero-order valence-electron chi connectivity index (χ0n) is 17.4. The first-order valence-corrected chi connectivity index (χ1v) is 11.9. The standard InChI is InChI=1S/C25H22N2O4S/c1-32(30,31)20-12-9-19(10-13-20)23(27-22(28)16-17-6-3-2-4-7-17)21-14-11-18-8-5-15-26-24(18)25(21)29/h2-15,23,29H,16H2,1H3,(H,27,28). The molecule has 4 aromatic rings. The molecule has 0 radical (unpaired) electrons. The first-order chi connectivity index (χ1) is 15.3. The van der Waals surface area contributed by atoms with E-state index in [2.05, 4.69) is 10.3 Å². The van der Waals surface area contributed by atoms with E-state index in [1.165, 1.54) is 12.1 Å². The van der Waals surface area contributed by atoms with Crippen molar-refractivity contribution >= 4 is 26.6 Å². The predicted octanol–water partition coefficient (Wildman–Crippen LogP) is 3.79. The van der Waals surface area contributed by atoms with Gasteiger partial charge in [0.05, 0.1) is 17.4 Å². The number of sulfone groups is 1. The molecule has 32 heavy (non-hydrogen) atoms. The number of fused-ring (bicyclic) bond motifs is 1. The maximum atomic E-state index is 12.9. The van der Waals surface area contributed by atoms with Gasteiger partial charge in [0.15, 0.2) is 9.84 Å². The van der Waals surface area contributed by atoms with E-state index < -0.39 is 15.9 Å². The van der Waals surface area contributed by atoms with E-state index in [0.717, 1.165) is 17.2 Å². The third kappa shape index (κ3) is 4.63. The number of nitrogens with zero attached hydrogens (tertiary/aromatic N) is 1. The SMILES string of the molecule is CS(=O)(=O)c1ccc(C(NC(=O)Cc2ccccc2)c2ccc3cccnc3c2O)cc1. The summed E-state index contributed by atoms with van der Waals surface area (Å²) in [5, 5.41) is 14.7. The van der Waals surface area contributed by atoms with Crippen LogP contribution in [0.4, 0.5) is 0 Å². The number of benzene rings is 3. The molecule has 3 aromatic carbocycles. The largest absolute Gasteiger partial charge is 0.505 e. The van der Waals surface area contributed by atoms with E-state index in [4.69, 9.17) is 0 Å². The van der Waals surface area contributed by atoms with Gasteiger partial charge in [0.2, 0.25) is 5.91 Å². The summed E-state index contributed by atoms with van der Waals surface area (Å²) in [7, 11) is -3.36. The number of carbonyl (C=O) groups is 1. The molecule has 0 fully saturated rings. The molecule has 0 saturated heterocycles. The molecule has 0 saturated carbocycles. The highest BCUT2D eigenvalue weighted by atomic mass is 32.2. The average Bonchev–Trinajstić information content (AvgIpc) is 2.78. The Morgan fingerprint density at radius 2 is 1.69 bits per heavy atom. The molecule has 0 spiro atoms. The molecule has 2 N–H and O–H groups in total. The zero-order chi connectivity index (χ0) is 22.7. The molecule has 0 aliphatic rings. The quantitative estimate of drug-likeness (QED) is 0.470. The Balaban J connectivity index is 1.74. The number of carbonyl (C=O) groups excluding carboxylic acids is 1. The maximum Gasteiger partial charge on any atom is 0.225 e. The van der Waals surface area contributed by atoms with Crippen LogP contribution in [0.25, 0.3) is 10.9 Å². The van der Waals surface area contributed by atoms with Gasteiger partial charge in [-0.05, 0) is 29.3 Å². The molecule has 1 aromatic heterocycles. The highest BCUT2D eigenvalue weighted by Gasteiger charge is 2.22. The molecular formula is C25H22N2O4S. The van der Waals surface area contributed by atoms with Gasteiger partial charge >= 0.3 is 0 Å². The number of rotatable bonds is 6. The monoisotopic (exact) mass is 446 g/mol. The smallest absolute Gasteiger partial charge is 0.225 e. The van der Waals surface area contributed by atoms with Crippen LogP contribution in [0.15, 0.2) is 90.0 Å². The molecule has 6 nitrogen and oxygen atoms in total. The number of pyridine rings is 1. The highest BCUT2D eigenvalue weighted by Crippen LogP contribution is 2.34. The van der Waals surface area contributed by atoms with Crippen LogP contribution in [0, 0.1) is 0 Å². The van der Waals surface area contributed by atoms with E-state index in [9.17, 15) is 18.3 Å². The third-order valence-electron chi connectivity index (χ3n) is 5.24. The molecular weight excluding hydrogens is 424 g/mol. The fourth-order valence-electron chi connectivity index (χ4n) is 3.62. The Kier molecular flexibility index (Phi) is 5.92. The summed E-state index contributed by atoms with van der Waals surface area (Å²) < 4.78 is 23.7. The van der Waals surface area contributed by atoms with Crippen molar-refractivity contribution in [2.45, 2.75) is 17.4 Å². The van der Waals surface area contributed by atoms with E-state index in [0.29, 0.717) is 16.6 Å². The van der Waals surface area contributed by atoms with Crippen molar-refractivity contribution in [3.8, 4) is 5.75 Å². The predicted molar refractivity (Wildman–Crippen MR) is 123 cm³/mol. The van der Waals surface area contributed by atoms with Crippen molar-refractivity contribution in [1.29, 1.82) is 0 Å². The van der Waals surface area contributed by atoms with Crippen LogP contribution in [0.5, 0.6) is 5.75 Å². The van der Waals surface area contributed by atoms with Gasteiger partial charge in [-0.3, -0.25) is 9.78 Å². The number of aromatic nitrogens is 1. The molecule has 0 bridgehead atoms. The van der Waals surface area contributed by atoms with Crippen molar-refractivity contribution in [3.05, 3.63) is 102 Å². The lowest BCUT2D eigenvalue weighted by Crippen LogP contribution is -2.30. The summed E-state index contributed by atoms with van der Waals surface area (Å²) in [5.41, 5.74) is 2.41. The van der Waals surface area contributed by atoms with E-state index in [1.54, 1.807) is 30.5 Å². The summed E-state index contributed by atoms with van der Waals surface area (Å²) in [5.74, 6) is -0.255. The van der Waals surface area contributed by atoms with Crippen LogP contribution in [-0.2, 0) is 21.1 Å². The fraction of sp³-hybridized carbons (Fsp3) is 0.120. The number of amides is 1. The molecule has 1 heterocycles. The van der Waals surface area contributed by atoms with Gasteiger partial charge in [-0.2, -0.15) is 0 Å². The van der Waals surface area contributed by atoms with E-state index >= 15 is 0 Å². The summed E-state index contributed by atoms with van der Waals surface area (Å²) in [6.45, 7) is 0. The zero-order valence-corrected chi connectivity index (χ0v) is 18.2. The number of phenols is 1. The lowest BCUT2D eigenvalue weighted by Gasteiger charge is -2.22. The highest BCUT2D eigenvalue weighted by molar-refractivity contribution is 7.90. The van der Waals surface area contributed by atoms with E-state index in [1.807, 2.05) is 42.5 Å². The first kappa shape index (κ1) is 21.5. The minimum atomic E-state index is -3.36. The van der Waals surface area contributed by atoms with Crippen molar-refractivity contribution in [2.24, 2.45) is 0 Å². The van der Waals surface area contributed by atoms with Crippen LogP contribution >= 0.6 is 0 Å². The summed E-state index contributed by atoms with van der Waals surface area (Å²) in [6, 6.07) is 22.2. The van der Waals surface area contributed by atoms with Gasteiger partial charge in [0.1, 0.15) is 11.3 Å². The molecule has 162 valence electrons. The van der Waals surface area contributed by atoms with Gasteiger partial charge in [0, 0.05) is 23.4 Å². The van der Waals surface area contributed by atoms with Crippen LogP contribution in [-0.4, -0.2) is 30.7 Å². The molecule has 1 amide bonds. The number of phenolic OH excluding ortho intramolecular Hbond substituents is 1. The second-order valence-corrected chi connectivity index (χ2v) is 9.60. The second kappa shape index (κ2) is 8.80. The lowest BCUT2D eigenvalue weighted by atomic mass is 9.96. The second-order valence-electron chi connectivity index (χ2n) is 7.58. The van der Waals surface area contributed by atoms with Gasteiger partial charge in [-0.15, -0.1) is 0 Å². The van der Waals surface area contributed by atoms with Gasteiger partial charge in [-0.1, -0.05) is 60.7 Å². The summed E-state index contributed by atoms with van der Waals surface area (Å²) in [6.07, 6.45) is 2.91. The molecule has 7 heteroatoms. The Bertz CT molecular complexity index is 1370. The normalized spacial score (nSPS) is 12.4. The van der Waals surface area contributed by atoms with Crippen molar-refractivity contribution in [1.82, 2.24) is 10.3 Å². The van der Waals surface area contributed by atoms with Gasteiger partial charge in [-0.25, -0.2) is 8.42 Å². The Labute approximate surface area is 186 Å². The fourth-order valence-corrected chi connectivity index (χ4v) is 4.25. The van der Waals surface area contributed by atoms with Crippen LogP contribution < -0.4 is 5.32 Å². The molecule has 0 aliphatic heterocycles. The third-order valence-corrected chi connectivity index (χ3v) is 6.37. The first-order valence-electron chi connectivity index (χ1n) is 10.0. The Morgan fingerprint density at radius 3 is 2.38 bits per heavy atom. The number of hydrogen-bond donors (Lipinski definition) is 2. The number of hydrogen-bond acceptors (Lipinski definition) is 5. The van der Waals surface area contributed by atoms with Crippen LogP contribution in [0.2, 0.25) is 0 Å². The summed E-state index contributed by atoms with van der Waals surface area (Å²) in [4.78, 5) is 17.3. The Morgan fingerprint density at radius 1 is 0.969 bits per heavy atom. The van der Waals surface area contributed by atoms with Crippen LogP contribution in [0.3, 0.4) is 0 Å². The Hall–Kier alpha value is -3.71. The van der Waals surface area contributed by atoms with Crippen molar-refractivity contribution in [2.75, 3.05) is 6.26 Å². The molecule has 4 rings (SSSR count). The number of nitrogens with one attached hydrogen (secondary N) is 1. The van der Waals surface area contributed by atoms with Crippen molar-refractivity contribution in [3.63, 3.8) is 0 Å². The maximum absolute atomic E-state index is 12.9. The lowest BCUT2D eigenvalue weighted by molar-refractivity contribution is -0.120. The van der Waals surface area contributed by atoms with E-state index in [-0.39, 0.29) is 23.0 Å².